The second-order valence-electron chi connectivity index (χ2n) is 5.63. The summed E-state index contributed by atoms with van der Waals surface area (Å²) < 4.78 is 0.828. The molecule has 0 radical (unpaired) electrons. The number of aryl methyl sites for hydroxylation is 1. The zero-order valence-corrected chi connectivity index (χ0v) is 14.7. The zero-order valence-electron chi connectivity index (χ0n) is 12.3. The molecule has 1 N–H and O–H groups in total. The van der Waals surface area contributed by atoms with Crippen molar-refractivity contribution in [1.29, 1.82) is 0 Å². The Morgan fingerprint density at radius 1 is 1.33 bits per heavy atom. The van der Waals surface area contributed by atoms with Crippen LogP contribution in [0.1, 0.15) is 17.5 Å². The van der Waals surface area contributed by atoms with Gasteiger partial charge in [-0.3, -0.25) is 0 Å². The van der Waals surface area contributed by atoms with Gasteiger partial charge < -0.3 is 0 Å². The molecule has 0 spiro atoms. The summed E-state index contributed by atoms with van der Waals surface area (Å²) in [7, 11) is 0. The topological polar surface area (TPSA) is 41.0 Å². The predicted molar refractivity (Wildman–Crippen MR) is 89.7 cm³/mol. The molecule has 3 rings (SSSR count). The standard InChI is InChI=1S/C16H21AsN4/c1-12-2-4-13(5-3-12)9-18-16-8-15(10-19-20-16)21-7-6-14(17)11-21/h2-5,8,10,14H,6-7,9,11,17H2,1H3,(H,18,20)/t14-/m1/s1. The van der Waals surface area contributed by atoms with Gasteiger partial charge in [0.25, 0.3) is 0 Å². The van der Waals surface area contributed by atoms with Crippen molar-refractivity contribution in [3.05, 3.63) is 47.7 Å². The molecule has 0 aliphatic carbocycles. The van der Waals surface area contributed by atoms with Gasteiger partial charge in [-0.1, -0.05) is 0 Å². The number of benzene rings is 1. The van der Waals surface area contributed by atoms with Crippen molar-refractivity contribution in [1.82, 2.24) is 10.2 Å². The monoisotopic (exact) mass is 344 g/mol. The molecule has 4 nitrogen and oxygen atoms in total. The third-order valence-corrected chi connectivity index (χ3v) is 4.97. The van der Waals surface area contributed by atoms with Crippen LogP contribution in [0.25, 0.3) is 0 Å². The first kappa shape index (κ1) is 14.4. The SMILES string of the molecule is Cc1ccc(CNc2cc(N3CC[C@@H]([AsH2])C3)cnn2)cc1. The van der Waals surface area contributed by atoms with Crippen LogP contribution >= 0.6 is 0 Å². The number of aromatic nitrogens is 2. The Labute approximate surface area is 134 Å². The second-order valence-corrected chi connectivity index (χ2v) is 7.61. The van der Waals surface area contributed by atoms with Gasteiger partial charge in [0, 0.05) is 0 Å². The molecule has 1 aromatic heterocycles. The van der Waals surface area contributed by atoms with Crippen LogP contribution in [0.5, 0.6) is 0 Å². The Hall–Kier alpha value is -1.54. The summed E-state index contributed by atoms with van der Waals surface area (Å²) in [6.07, 6.45) is 3.15. The minimum absolute atomic E-state index is 0.776. The molecule has 2 atom stereocenters. The number of rotatable bonds is 4. The normalized spacial score (nSPS) is 18.0. The summed E-state index contributed by atoms with van der Waals surface area (Å²) in [5.41, 5.74) is 3.71. The van der Waals surface area contributed by atoms with E-state index in [1.165, 1.54) is 23.2 Å². The van der Waals surface area contributed by atoms with Crippen molar-refractivity contribution in [3.63, 3.8) is 0 Å². The van der Waals surface area contributed by atoms with E-state index in [1.54, 1.807) is 0 Å². The molecule has 0 amide bonds. The third kappa shape index (κ3) is 3.76. The van der Waals surface area contributed by atoms with Gasteiger partial charge in [0.05, 0.1) is 0 Å². The minimum atomic E-state index is 0.776. The van der Waals surface area contributed by atoms with E-state index in [-0.39, 0.29) is 0 Å². The number of hydrogen-bond donors (Lipinski definition) is 1. The molecule has 21 heavy (non-hydrogen) atoms. The van der Waals surface area contributed by atoms with Crippen LogP contribution in [0.3, 0.4) is 0 Å². The molecular weight excluding hydrogens is 323 g/mol. The number of nitrogens with one attached hydrogen (secondary N) is 1. The maximum absolute atomic E-state index is 4.18. The van der Waals surface area contributed by atoms with E-state index in [0.29, 0.717) is 0 Å². The van der Waals surface area contributed by atoms with Gasteiger partial charge in [0.1, 0.15) is 0 Å². The number of hydrogen-bond acceptors (Lipinski definition) is 4. The average molecular weight is 344 g/mol. The van der Waals surface area contributed by atoms with Crippen LogP contribution in [0, 0.1) is 6.92 Å². The van der Waals surface area contributed by atoms with Gasteiger partial charge >= 0.3 is 127 Å². The van der Waals surface area contributed by atoms with E-state index in [0.717, 1.165) is 30.2 Å². The summed E-state index contributed by atoms with van der Waals surface area (Å²) >= 11 is 1.84. The van der Waals surface area contributed by atoms with Crippen LogP contribution < -0.4 is 10.2 Å². The fourth-order valence-corrected chi connectivity index (χ4v) is 3.38. The van der Waals surface area contributed by atoms with Crippen molar-refractivity contribution in [2.24, 2.45) is 0 Å². The molecule has 1 aliphatic heterocycles. The molecule has 1 aromatic carbocycles. The summed E-state index contributed by atoms with van der Waals surface area (Å²) in [5.74, 6) is 0.845. The summed E-state index contributed by atoms with van der Waals surface area (Å²) in [6, 6.07) is 10.7. The Morgan fingerprint density at radius 3 is 2.86 bits per heavy atom. The average Bonchev–Trinajstić information content (AvgIpc) is 2.94. The van der Waals surface area contributed by atoms with Gasteiger partial charge in [0.15, 0.2) is 0 Å². The zero-order chi connectivity index (χ0) is 14.7. The summed E-state index contributed by atoms with van der Waals surface area (Å²) in [6.45, 7) is 5.15. The van der Waals surface area contributed by atoms with Crippen molar-refractivity contribution in [2.75, 3.05) is 23.3 Å². The molecule has 110 valence electrons. The second kappa shape index (κ2) is 6.48. The molecule has 2 aromatic rings. The molecule has 1 unspecified atom stereocenters. The molecular formula is C16H21AsN4. The molecule has 1 saturated heterocycles. The van der Waals surface area contributed by atoms with Crippen molar-refractivity contribution in [3.8, 4) is 0 Å². The molecule has 1 fully saturated rings. The van der Waals surface area contributed by atoms with Gasteiger partial charge in [-0.2, -0.15) is 0 Å². The first-order valence-electron chi connectivity index (χ1n) is 7.33. The van der Waals surface area contributed by atoms with Crippen LogP contribution in [0.4, 0.5) is 11.5 Å². The van der Waals surface area contributed by atoms with Crippen molar-refractivity contribution >= 4 is 28.4 Å². The van der Waals surface area contributed by atoms with E-state index in [9.17, 15) is 0 Å². The van der Waals surface area contributed by atoms with E-state index in [1.807, 2.05) is 23.0 Å². The van der Waals surface area contributed by atoms with Crippen LogP contribution in [-0.2, 0) is 6.54 Å². The summed E-state index contributed by atoms with van der Waals surface area (Å²) in [5, 5.41) is 11.7. The quantitative estimate of drug-likeness (QED) is 0.862. The Morgan fingerprint density at radius 2 is 2.14 bits per heavy atom. The fourth-order valence-electron chi connectivity index (χ4n) is 2.54. The van der Waals surface area contributed by atoms with Gasteiger partial charge in [-0.25, -0.2) is 0 Å². The van der Waals surface area contributed by atoms with Crippen LogP contribution in [0.2, 0.25) is 4.71 Å². The first-order chi connectivity index (χ1) is 10.2. The molecule has 0 saturated carbocycles. The van der Waals surface area contributed by atoms with Crippen molar-refractivity contribution in [2.45, 2.75) is 24.6 Å². The number of anilines is 2. The van der Waals surface area contributed by atoms with E-state index in [2.05, 4.69) is 57.7 Å². The Bertz CT molecular complexity index is 599. The molecule has 5 heteroatoms. The van der Waals surface area contributed by atoms with Gasteiger partial charge in [-0.05, 0) is 6.92 Å². The number of nitrogens with zero attached hydrogens (tertiary/aromatic N) is 3. The van der Waals surface area contributed by atoms with E-state index in [4.69, 9.17) is 0 Å². The van der Waals surface area contributed by atoms with Crippen LogP contribution in [0.15, 0.2) is 36.5 Å². The van der Waals surface area contributed by atoms with Crippen molar-refractivity contribution < 1.29 is 0 Å². The Kier molecular flexibility index (Phi) is 4.44. The first-order valence-corrected chi connectivity index (χ1v) is 8.73. The van der Waals surface area contributed by atoms with Gasteiger partial charge in [0.2, 0.25) is 0 Å². The van der Waals surface area contributed by atoms with Gasteiger partial charge in [-0.15, -0.1) is 0 Å². The third-order valence-electron chi connectivity index (χ3n) is 3.82. The molecule has 0 bridgehead atoms. The van der Waals surface area contributed by atoms with E-state index >= 15 is 0 Å². The molecule has 2 heterocycles. The fraction of sp³-hybridized carbons (Fsp3) is 0.375. The Balaban J connectivity index is 1.64. The summed E-state index contributed by atoms with van der Waals surface area (Å²) in [4.78, 5) is 2.40. The maximum atomic E-state index is 4.18. The van der Waals surface area contributed by atoms with Crippen LogP contribution in [-0.4, -0.2) is 40.1 Å². The molecule has 1 aliphatic rings. The predicted octanol–water partition coefficient (Wildman–Crippen LogP) is 2.03. The van der Waals surface area contributed by atoms with E-state index < -0.39 is 0 Å².